The molecule has 0 radical (unpaired) electrons. The third kappa shape index (κ3) is 5.45. The standard InChI is InChI=1S/C21H29N3O3S2/c1-15(2)18-7-4-5-8-19(18)22-21(25)16(3)24-12-10-17(11-13-24)23-29(26,27)20-9-6-14-28-20/h4-9,14-17,23H,10-13H2,1-3H3,(H,22,25). The molecule has 29 heavy (non-hydrogen) atoms. The van der Waals surface area contributed by atoms with Crippen LogP contribution in [0, 0.1) is 0 Å². The maximum atomic E-state index is 12.8. The highest BCUT2D eigenvalue weighted by Gasteiger charge is 2.29. The molecule has 6 nitrogen and oxygen atoms in total. The van der Waals surface area contributed by atoms with Gasteiger partial charge in [-0.2, -0.15) is 0 Å². The van der Waals surface area contributed by atoms with Crippen LogP contribution in [0.2, 0.25) is 0 Å². The number of thiophene rings is 1. The van der Waals surface area contributed by atoms with E-state index < -0.39 is 10.0 Å². The molecule has 0 aliphatic carbocycles. The van der Waals surface area contributed by atoms with Gasteiger partial charge in [0, 0.05) is 24.8 Å². The molecule has 1 aromatic heterocycles. The summed E-state index contributed by atoms with van der Waals surface area (Å²) in [4.78, 5) is 14.9. The Hall–Kier alpha value is -1.74. The number of amides is 1. The third-order valence-corrected chi connectivity index (χ3v) is 8.30. The first-order chi connectivity index (χ1) is 13.8. The van der Waals surface area contributed by atoms with Crippen LogP contribution >= 0.6 is 11.3 Å². The lowest BCUT2D eigenvalue weighted by Crippen LogP contribution is -2.50. The van der Waals surface area contributed by atoms with Gasteiger partial charge in [-0.25, -0.2) is 13.1 Å². The number of carbonyl (C=O) groups excluding carboxylic acids is 1. The van der Waals surface area contributed by atoms with Crippen molar-refractivity contribution in [3.63, 3.8) is 0 Å². The second-order valence-corrected chi connectivity index (χ2v) is 10.7. The highest BCUT2D eigenvalue weighted by molar-refractivity contribution is 7.91. The fourth-order valence-corrected chi connectivity index (χ4v) is 5.93. The topological polar surface area (TPSA) is 78.5 Å². The molecule has 8 heteroatoms. The van der Waals surface area contributed by atoms with Crippen molar-refractivity contribution >= 4 is 33.0 Å². The SMILES string of the molecule is CC(C)c1ccccc1NC(=O)C(C)N1CCC(NS(=O)(=O)c2cccs2)CC1. The highest BCUT2D eigenvalue weighted by atomic mass is 32.2. The number of hydrogen-bond acceptors (Lipinski definition) is 5. The van der Waals surface area contributed by atoms with Crippen LogP contribution in [0.5, 0.6) is 0 Å². The molecule has 1 aromatic carbocycles. The van der Waals surface area contributed by atoms with Crippen LogP contribution in [-0.2, 0) is 14.8 Å². The van der Waals surface area contributed by atoms with E-state index in [2.05, 4.69) is 28.8 Å². The molecule has 1 unspecified atom stereocenters. The number of rotatable bonds is 7. The quantitative estimate of drug-likeness (QED) is 0.696. The Kier molecular flexibility index (Phi) is 7.10. The number of carbonyl (C=O) groups is 1. The van der Waals surface area contributed by atoms with Gasteiger partial charge in [0.05, 0.1) is 6.04 Å². The summed E-state index contributed by atoms with van der Waals surface area (Å²) in [7, 11) is -3.45. The zero-order chi connectivity index (χ0) is 21.0. The van der Waals surface area contributed by atoms with Crippen molar-refractivity contribution in [2.45, 2.75) is 55.8 Å². The van der Waals surface area contributed by atoms with E-state index in [1.54, 1.807) is 17.5 Å². The summed E-state index contributed by atoms with van der Waals surface area (Å²) < 4.78 is 27.9. The largest absolute Gasteiger partial charge is 0.324 e. The van der Waals surface area contributed by atoms with E-state index in [4.69, 9.17) is 0 Å². The molecule has 2 heterocycles. The van der Waals surface area contributed by atoms with E-state index in [1.165, 1.54) is 11.3 Å². The molecule has 2 aromatic rings. The monoisotopic (exact) mass is 435 g/mol. The second-order valence-electron chi connectivity index (χ2n) is 7.77. The van der Waals surface area contributed by atoms with Crippen LogP contribution in [0.3, 0.4) is 0 Å². The van der Waals surface area contributed by atoms with Crippen molar-refractivity contribution in [2.24, 2.45) is 0 Å². The Morgan fingerprint density at radius 3 is 2.41 bits per heavy atom. The Labute approximate surface area is 177 Å². The van der Waals surface area contributed by atoms with Gasteiger partial charge >= 0.3 is 0 Å². The number of likely N-dealkylation sites (tertiary alicyclic amines) is 1. The van der Waals surface area contributed by atoms with Gasteiger partial charge in [-0.15, -0.1) is 11.3 Å². The van der Waals surface area contributed by atoms with Gasteiger partial charge in [0.15, 0.2) is 0 Å². The number of sulfonamides is 1. The van der Waals surface area contributed by atoms with E-state index in [9.17, 15) is 13.2 Å². The molecule has 1 aliphatic rings. The number of piperidine rings is 1. The van der Waals surface area contributed by atoms with Crippen LogP contribution in [0.4, 0.5) is 5.69 Å². The van der Waals surface area contributed by atoms with E-state index in [1.807, 2.05) is 31.2 Å². The van der Waals surface area contributed by atoms with E-state index in [0.29, 0.717) is 36.1 Å². The molecule has 1 saturated heterocycles. The predicted molar refractivity (Wildman–Crippen MR) is 118 cm³/mol. The van der Waals surface area contributed by atoms with E-state index >= 15 is 0 Å². The number of para-hydroxylation sites is 1. The number of benzene rings is 1. The normalized spacial score (nSPS) is 17.4. The van der Waals surface area contributed by atoms with Crippen molar-refractivity contribution in [1.29, 1.82) is 0 Å². The van der Waals surface area contributed by atoms with Crippen molar-refractivity contribution in [3.8, 4) is 0 Å². The summed E-state index contributed by atoms with van der Waals surface area (Å²) >= 11 is 1.22. The number of nitrogens with zero attached hydrogens (tertiary/aromatic N) is 1. The van der Waals surface area contributed by atoms with Gasteiger partial charge in [0.25, 0.3) is 0 Å². The maximum absolute atomic E-state index is 12.8. The van der Waals surface area contributed by atoms with Gasteiger partial charge in [-0.05, 0) is 48.8 Å². The average Bonchev–Trinajstić information content (AvgIpc) is 3.24. The molecular weight excluding hydrogens is 406 g/mol. The molecule has 0 saturated carbocycles. The summed E-state index contributed by atoms with van der Waals surface area (Å²) in [6.45, 7) is 7.48. The second kappa shape index (κ2) is 9.38. The van der Waals surface area contributed by atoms with E-state index in [0.717, 1.165) is 11.3 Å². The van der Waals surface area contributed by atoms with Crippen LogP contribution in [-0.4, -0.2) is 44.4 Å². The van der Waals surface area contributed by atoms with Crippen molar-refractivity contribution in [1.82, 2.24) is 9.62 Å². The van der Waals surface area contributed by atoms with Crippen molar-refractivity contribution < 1.29 is 13.2 Å². The first-order valence-electron chi connectivity index (χ1n) is 9.97. The molecule has 2 N–H and O–H groups in total. The summed E-state index contributed by atoms with van der Waals surface area (Å²) in [5.41, 5.74) is 1.98. The number of hydrogen-bond donors (Lipinski definition) is 2. The number of nitrogens with one attached hydrogen (secondary N) is 2. The van der Waals surface area contributed by atoms with Gasteiger partial charge in [-0.1, -0.05) is 38.1 Å². The minimum atomic E-state index is -3.45. The van der Waals surface area contributed by atoms with Crippen LogP contribution in [0.1, 0.15) is 45.1 Å². The molecule has 0 bridgehead atoms. The third-order valence-electron chi connectivity index (χ3n) is 5.38. The molecule has 1 fully saturated rings. The van der Waals surface area contributed by atoms with Crippen molar-refractivity contribution in [2.75, 3.05) is 18.4 Å². The molecule has 1 atom stereocenters. The Morgan fingerprint density at radius 1 is 1.10 bits per heavy atom. The molecular formula is C21H29N3O3S2. The Balaban J connectivity index is 1.55. The fraction of sp³-hybridized carbons (Fsp3) is 0.476. The molecule has 0 spiro atoms. The minimum Gasteiger partial charge on any atom is -0.324 e. The highest BCUT2D eigenvalue weighted by Crippen LogP contribution is 2.25. The van der Waals surface area contributed by atoms with E-state index in [-0.39, 0.29) is 18.0 Å². The van der Waals surface area contributed by atoms with Crippen molar-refractivity contribution in [3.05, 3.63) is 47.3 Å². The van der Waals surface area contributed by atoms with Gasteiger partial charge in [0.1, 0.15) is 4.21 Å². The molecule has 158 valence electrons. The lowest BCUT2D eigenvalue weighted by Gasteiger charge is -2.35. The van der Waals surface area contributed by atoms with Gasteiger partial charge in [0.2, 0.25) is 15.9 Å². The maximum Gasteiger partial charge on any atom is 0.250 e. The first kappa shape index (κ1) is 22.0. The van der Waals surface area contributed by atoms with Crippen LogP contribution in [0.15, 0.2) is 46.0 Å². The summed E-state index contributed by atoms with van der Waals surface area (Å²) in [6, 6.07) is 10.9. The zero-order valence-electron chi connectivity index (χ0n) is 17.1. The van der Waals surface area contributed by atoms with Crippen LogP contribution in [0.25, 0.3) is 0 Å². The van der Waals surface area contributed by atoms with Gasteiger partial charge in [-0.3, -0.25) is 9.69 Å². The predicted octanol–water partition coefficient (Wildman–Crippen LogP) is 3.64. The smallest absolute Gasteiger partial charge is 0.250 e. The van der Waals surface area contributed by atoms with Gasteiger partial charge < -0.3 is 5.32 Å². The average molecular weight is 436 g/mol. The zero-order valence-corrected chi connectivity index (χ0v) is 18.7. The molecule has 3 rings (SSSR count). The van der Waals surface area contributed by atoms with Crippen LogP contribution < -0.4 is 10.0 Å². The fourth-order valence-electron chi connectivity index (χ4n) is 3.62. The number of anilines is 1. The Morgan fingerprint density at radius 2 is 1.79 bits per heavy atom. The molecule has 1 aliphatic heterocycles. The lowest BCUT2D eigenvalue weighted by atomic mass is 10.0. The first-order valence-corrected chi connectivity index (χ1v) is 12.3. The summed E-state index contributed by atoms with van der Waals surface area (Å²) in [5.74, 6) is 0.296. The summed E-state index contributed by atoms with van der Waals surface area (Å²) in [5, 5.41) is 4.83. The Bertz CT molecular complexity index is 918. The molecule has 1 amide bonds. The lowest BCUT2D eigenvalue weighted by molar-refractivity contribution is -0.121. The summed E-state index contributed by atoms with van der Waals surface area (Å²) in [6.07, 6.45) is 1.37. The minimum absolute atomic E-state index is 0.0317.